The number of amides is 2. The lowest BCUT2D eigenvalue weighted by Gasteiger charge is -2.08. The Morgan fingerprint density at radius 1 is 1.13 bits per heavy atom. The van der Waals surface area contributed by atoms with Gasteiger partial charge in [-0.1, -0.05) is 35.5 Å². The average Bonchev–Trinajstić information content (AvgIpc) is 3.22. The first-order chi connectivity index (χ1) is 11.1. The van der Waals surface area contributed by atoms with Gasteiger partial charge in [0.05, 0.1) is 0 Å². The van der Waals surface area contributed by atoms with Gasteiger partial charge >= 0.3 is 0 Å². The molecule has 1 aromatic heterocycles. The molecule has 0 saturated heterocycles. The summed E-state index contributed by atoms with van der Waals surface area (Å²) in [5.41, 5.74) is 6.35. The van der Waals surface area contributed by atoms with Crippen molar-refractivity contribution in [2.45, 2.75) is 12.5 Å². The highest BCUT2D eigenvalue weighted by atomic mass is 16.6. The fraction of sp³-hybridized carbons (Fsp3) is 0.188. The van der Waals surface area contributed by atoms with Crippen molar-refractivity contribution in [3.8, 4) is 0 Å². The second kappa shape index (κ2) is 6.35. The van der Waals surface area contributed by atoms with Gasteiger partial charge in [0.25, 0.3) is 11.8 Å². The van der Waals surface area contributed by atoms with Gasteiger partial charge in [-0.15, -0.1) is 0 Å². The lowest BCUT2D eigenvalue weighted by Crippen LogP contribution is -2.45. The molecule has 0 radical (unpaired) electrons. The average molecular weight is 312 g/mol. The van der Waals surface area contributed by atoms with Crippen molar-refractivity contribution >= 4 is 17.5 Å². The molecule has 0 aliphatic carbocycles. The summed E-state index contributed by atoms with van der Waals surface area (Å²) >= 11 is 0. The molecule has 1 atom stereocenters. The fourth-order valence-electron chi connectivity index (χ4n) is 2.30. The summed E-state index contributed by atoms with van der Waals surface area (Å²) < 4.78 is 1.66. The van der Waals surface area contributed by atoms with Crippen LogP contribution in [0.3, 0.4) is 0 Å². The molecule has 2 N–H and O–H groups in total. The summed E-state index contributed by atoms with van der Waals surface area (Å²) in [6, 6.07) is 12.9. The molecule has 1 aliphatic heterocycles. The third-order valence-corrected chi connectivity index (χ3v) is 3.57. The van der Waals surface area contributed by atoms with Crippen molar-refractivity contribution in [3.63, 3.8) is 0 Å². The molecule has 2 aromatic rings. The molecule has 1 aromatic carbocycles. The maximum Gasteiger partial charge on any atom is 0.287 e. The highest BCUT2D eigenvalue weighted by molar-refractivity contribution is 6.39. The number of hydrogen-bond donors (Lipinski definition) is 2. The molecule has 3 rings (SSSR count). The smallest absolute Gasteiger partial charge is 0.287 e. The van der Waals surface area contributed by atoms with Gasteiger partial charge in [0.1, 0.15) is 5.69 Å². The van der Waals surface area contributed by atoms with Gasteiger partial charge in [0, 0.05) is 19.7 Å². The summed E-state index contributed by atoms with van der Waals surface area (Å²) in [6.07, 6.45) is 1.83. The van der Waals surface area contributed by atoms with Gasteiger partial charge in [0.15, 0.2) is 11.8 Å². The number of hydrogen-bond acceptors (Lipinski definition) is 4. The van der Waals surface area contributed by atoms with Crippen molar-refractivity contribution < 1.29 is 14.4 Å². The van der Waals surface area contributed by atoms with Crippen LogP contribution in [-0.2, 0) is 16.7 Å². The third-order valence-electron chi connectivity index (χ3n) is 3.57. The first-order valence-corrected chi connectivity index (χ1v) is 7.15. The first kappa shape index (κ1) is 14.8. The van der Waals surface area contributed by atoms with Crippen LogP contribution in [0, 0.1) is 0 Å². The number of rotatable bonds is 3. The van der Waals surface area contributed by atoms with E-state index in [1.807, 2.05) is 30.3 Å². The highest BCUT2D eigenvalue weighted by Crippen LogP contribution is 2.26. The van der Waals surface area contributed by atoms with Crippen LogP contribution in [-0.4, -0.2) is 22.1 Å². The standard InChI is InChI=1S/C16H16N4O3/c1-20-9-5-8-13(20)16(22)18-17-15(21)12-10-14(23-19-12)11-6-3-2-4-7-11/h2-9,14H,10H2,1H3,(H,17,21)(H,18,22). The second-order valence-electron chi connectivity index (χ2n) is 5.16. The number of aromatic nitrogens is 1. The van der Waals surface area contributed by atoms with E-state index in [1.54, 1.807) is 29.9 Å². The van der Waals surface area contributed by atoms with Crippen molar-refractivity contribution in [1.82, 2.24) is 15.4 Å². The molecule has 0 saturated carbocycles. The van der Waals surface area contributed by atoms with Crippen molar-refractivity contribution in [1.29, 1.82) is 0 Å². The molecule has 2 heterocycles. The SMILES string of the molecule is Cn1cccc1C(=O)NNC(=O)C1=NOC(c2ccccc2)C1. The van der Waals surface area contributed by atoms with E-state index in [0.717, 1.165) is 5.56 Å². The zero-order valence-electron chi connectivity index (χ0n) is 12.5. The predicted molar refractivity (Wildman–Crippen MR) is 83.3 cm³/mol. The predicted octanol–water partition coefficient (Wildman–Crippen LogP) is 1.30. The van der Waals surface area contributed by atoms with Crippen LogP contribution in [0.25, 0.3) is 0 Å². The molecular formula is C16H16N4O3. The van der Waals surface area contributed by atoms with E-state index in [9.17, 15) is 9.59 Å². The van der Waals surface area contributed by atoms with Crippen LogP contribution in [0.2, 0.25) is 0 Å². The minimum atomic E-state index is -0.481. The lowest BCUT2D eigenvalue weighted by molar-refractivity contribution is -0.115. The van der Waals surface area contributed by atoms with Gasteiger partial charge in [-0.2, -0.15) is 0 Å². The molecule has 0 bridgehead atoms. The first-order valence-electron chi connectivity index (χ1n) is 7.15. The van der Waals surface area contributed by atoms with Crippen LogP contribution in [0.1, 0.15) is 28.6 Å². The van der Waals surface area contributed by atoms with E-state index in [2.05, 4.69) is 16.0 Å². The molecule has 1 aliphatic rings. The Labute approximate surface area is 132 Å². The summed E-state index contributed by atoms with van der Waals surface area (Å²) in [4.78, 5) is 29.2. The summed E-state index contributed by atoms with van der Waals surface area (Å²) in [5.74, 6) is -0.879. The van der Waals surface area contributed by atoms with E-state index >= 15 is 0 Å². The fourth-order valence-corrected chi connectivity index (χ4v) is 2.30. The Bertz CT molecular complexity index is 752. The number of hydrazine groups is 1. The minimum Gasteiger partial charge on any atom is -0.387 e. The van der Waals surface area contributed by atoms with Crippen LogP contribution in [0.15, 0.2) is 53.8 Å². The topological polar surface area (TPSA) is 84.7 Å². The number of benzene rings is 1. The molecule has 23 heavy (non-hydrogen) atoms. The summed E-state index contributed by atoms with van der Waals surface area (Å²) in [6.45, 7) is 0. The largest absolute Gasteiger partial charge is 0.387 e. The Hall–Kier alpha value is -3.09. The monoisotopic (exact) mass is 312 g/mol. The van der Waals surface area contributed by atoms with Crippen LogP contribution < -0.4 is 10.9 Å². The Morgan fingerprint density at radius 2 is 1.87 bits per heavy atom. The van der Waals surface area contributed by atoms with Crippen LogP contribution in [0.5, 0.6) is 0 Å². The zero-order chi connectivity index (χ0) is 16.2. The lowest BCUT2D eigenvalue weighted by atomic mass is 10.0. The molecule has 0 spiro atoms. The number of carbonyl (C=O) groups is 2. The Morgan fingerprint density at radius 3 is 2.57 bits per heavy atom. The molecule has 1 unspecified atom stereocenters. The number of aryl methyl sites for hydroxylation is 1. The molecular weight excluding hydrogens is 296 g/mol. The molecule has 118 valence electrons. The highest BCUT2D eigenvalue weighted by Gasteiger charge is 2.27. The normalized spacial score (nSPS) is 16.4. The Balaban J connectivity index is 1.54. The second-order valence-corrected chi connectivity index (χ2v) is 5.16. The van der Waals surface area contributed by atoms with Crippen molar-refractivity contribution in [3.05, 3.63) is 59.9 Å². The van der Waals surface area contributed by atoms with Gasteiger partial charge in [-0.3, -0.25) is 20.4 Å². The van der Waals surface area contributed by atoms with Gasteiger partial charge < -0.3 is 9.40 Å². The van der Waals surface area contributed by atoms with Crippen molar-refractivity contribution in [2.24, 2.45) is 12.2 Å². The number of nitrogens with one attached hydrogen (secondary N) is 2. The van der Waals surface area contributed by atoms with Gasteiger partial charge in [0.2, 0.25) is 0 Å². The van der Waals surface area contributed by atoms with Crippen LogP contribution in [0.4, 0.5) is 0 Å². The number of oxime groups is 1. The quantitative estimate of drug-likeness (QED) is 0.838. The maximum absolute atomic E-state index is 12.0. The van der Waals surface area contributed by atoms with E-state index < -0.39 is 11.8 Å². The summed E-state index contributed by atoms with van der Waals surface area (Å²) in [5, 5.41) is 3.80. The van der Waals surface area contributed by atoms with E-state index in [1.165, 1.54) is 0 Å². The zero-order valence-corrected chi connectivity index (χ0v) is 12.5. The van der Waals surface area contributed by atoms with Crippen molar-refractivity contribution in [2.75, 3.05) is 0 Å². The number of carbonyl (C=O) groups excluding carboxylic acids is 2. The van der Waals surface area contributed by atoms with Crippen LogP contribution >= 0.6 is 0 Å². The molecule has 2 amide bonds. The van der Waals surface area contributed by atoms with E-state index in [-0.39, 0.29) is 11.8 Å². The summed E-state index contributed by atoms with van der Waals surface area (Å²) in [7, 11) is 1.75. The maximum atomic E-state index is 12.0. The molecule has 7 nitrogen and oxygen atoms in total. The number of nitrogens with zero attached hydrogens (tertiary/aromatic N) is 2. The molecule has 7 heteroatoms. The minimum absolute atomic E-state index is 0.242. The molecule has 0 fully saturated rings. The Kier molecular flexibility index (Phi) is 4.09. The van der Waals surface area contributed by atoms with E-state index in [0.29, 0.717) is 12.1 Å². The van der Waals surface area contributed by atoms with E-state index in [4.69, 9.17) is 4.84 Å². The third kappa shape index (κ3) is 3.23. The van der Waals surface area contributed by atoms with Gasteiger partial charge in [-0.25, -0.2) is 0 Å². The van der Waals surface area contributed by atoms with Gasteiger partial charge in [-0.05, 0) is 17.7 Å².